The number of thioether (sulfide) groups is 2. The zero-order chi connectivity index (χ0) is 14.0. The number of alkyl halides is 3. The van der Waals surface area contributed by atoms with E-state index in [0.717, 1.165) is 36.9 Å². The van der Waals surface area contributed by atoms with Gasteiger partial charge >= 0.3 is 12.1 Å². The van der Waals surface area contributed by atoms with Crippen LogP contribution in [0.1, 0.15) is 13.3 Å². The molecule has 1 heterocycles. The minimum absolute atomic E-state index is 0.263. The molecular weight excluding hydrogens is 289 g/mol. The predicted molar refractivity (Wildman–Crippen MR) is 64.7 cm³/mol. The van der Waals surface area contributed by atoms with Gasteiger partial charge in [-0.25, -0.2) is 0 Å². The number of hydrogen-bond acceptors (Lipinski definition) is 4. The Kier molecular flexibility index (Phi) is 4.99. The molecule has 1 aliphatic heterocycles. The minimum Gasteiger partial charge on any atom is -0.481 e. The smallest absolute Gasteiger partial charge is 0.395 e. The summed E-state index contributed by atoms with van der Waals surface area (Å²) >= 11 is 1.81. The summed E-state index contributed by atoms with van der Waals surface area (Å²) in [5.41, 5.74) is 0. The molecule has 0 aliphatic carbocycles. The average molecular weight is 302 g/mol. The van der Waals surface area contributed by atoms with Crippen molar-refractivity contribution in [3.05, 3.63) is 0 Å². The molecule has 1 N–H and O–H groups in total. The summed E-state index contributed by atoms with van der Waals surface area (Å²) in [7, 11) is 0. The van der Waals surface area contributed by atoms with Gasteiger partial charge in [-0.05, 0) is 17.9 Å². The van der Waals surface area contributed by atoms with Crippen LogP contribution < -0.4 is 0 Å². The number of carbonyl (C=O) groups excluding carboxylic acids is 1. The largest absolute Gasteiger partial charge is 0.481 e. The molecule has 0 amide bonds. The lowest BCUT2D eigenvalue weighted by atomic mass is 9.90. The monoisotopic (exact) mass is 302 g/mol. The highest BCUT2D eigenvalue weighted by atomic mass is 32.2. The van der Waals surface area contributed by atoms with Crippen molar-refractivity contribution >= 4 is 35.8 Å². The Bertz CT molecular complexity index is 327. The zero-order valence-corrected chi connectivity index (χ0v) is 11.2. The van der Waals surface area contributed by atoms with Gasteiger partial charge in [-0.2, -0.15) is 13.2 Å². The van der Waals surface area contributed by atoms with Crippen LogP contribution >= 0.6 is 23.5 Å². The predicted octanol–water partition coefficient (Wildman–Crippen LogP) is 2.65. The van der Waals surface area contributed by atoms with Gasteiger partial charge in [0.25, 0.3) is 0 Å². The van der Waals surface area contributed by atoms with Gasteiger partial charge in [0.2, 0.25) is 0 Å². The molecule has 1 rings (SSSR count). The summed E-state index contributed by atoms with van der Waals surface area (Å²) in [6.45, 7) is 1.00. The second kappa shape index (κ2) is 5.73. The Morgan fingerprint density at radius 3 is 2.22 bits per heavy atom. The molecule has 1 aliphatic rings. The number of halogens is 3. The van der Waals surface area contributed by atoms with Gasteiger partial charge in [0, 0.05) is 0 Å². The van der Waals surface area contributed by atoms with E-state index < -0.39 is 28.1 Å². The van der Waals surface area contributed by atoms with Crippen LogP contribution in [0.4, 0.5) is 13.2 Å². The third-order valence-corrected chi connectivity index (χ3v) is 6.08. The molecule has 0 spiro atoms. The highest BCUT2D eigenvalue weighted by Crippen LogP contribution is 2.53. The summed E-state index contributed by atoms with van der Waals surface area (Å²) in [4.78, 5) is 22.0. The van der Waals surface area contributed by atoms with Crippen molar-refractivity contribution in [1.82, 2.24) is 0 Å². The van der Waals surface area contributed by atoms with Crippen molar-refractivity contribution in [3.63, 3.8) is 0 Å². The number of carboxylic acids is 1. The Morgan fingerprint density at radius 1 is 1.39 bits per heavy atom. The van der Waals surface area contributed by atoms with E-state index in [9.17, 15) is 22.8 Å². The lowest BCUT2D eigenvalue weighted by Gasteiger charge is -2.40. The van der Waals surface area contributed by atoms with Gasteiger partial charge in [0.05, 0.1) is 11.8 Å². The fourth-order valence-electron chi connectivity index (χ4n) is 1.89. The second-order valence-electron chi connectivity index (χ2n) is 4.04. The number of rotatable bonds is 4. The Morgan fingerprint density at radius 2 is 1.89 bits per heavy atom. The third-order valence-electron chi connectivity index (χ3n) is 2.78. The van der Waals surface area contributed by atoms with Gasteiger partial charge < -0.3 is 9.90 Å². The van der Waals surface area contributed by atoms with Crippen LogP contribution in [0, 0.1) is 11.8 Å². The standard InChI is InChI=1S/C10H13F3O3S2/c1-6(8(15)16)7(10(11,12)13)9(5-14)17-3-2-4-18-9/h5-7H,2-4H2,1H3,(H,15,16). The van der Waals surface area contributed by atoms with Crippen molar-refractivity contribution in [1.29, 1.82) is 0 Å². The van der Waals surface area contributed by atoms with Crippen LogP contribution in [0.15, 0.2) is 0 Å². The zero-order valence-electron chi connectivity index (χ0n) is 9.57. The van der Waals surface area contributed by atoms with Crippen LogP contribution in [0.25, 0.3) is 0 Å². The van der Waals surface area contributed by atoms with Gasteiger partial charge in [0.1, 0.15) is 10.4 Å². The maximum absolute atomic E-state index is 13.1. The van der Waals surface area contributed by atoms with Crippen LogP contribution in [0.5, 0.6) is 0 Å². The van der Waals surface area contributed by atoms with Gasteiger partial charge in [-0.15, -0.1) is 23.5 Å². The fourth-order valence-corrected chi connectivity index (χ4v) is 5.29. The molecule has 104 valence electrons. The van der Waals surface area contributed by atoms with Crippen LogP contribution in [-0.2, 0) is 9.59 Å². The fraction of sp³-hybridized carbons (Fsp3) is 0.800. The Labute approximate surface area is 111 Å². The number of aliphatic carboxylic acids is 1. The number of carboxylic acid groups (broad SMARTS) is 1. The van der Waals surface area contributed by atoms with E-state index in [1.54, 1.807) is 0 Å². The van der Waals surface area contributed by atoms with Crippen molar-refractivity contribution in [2.45, 2.75) is 23.6 Å². The van der Waals surface area contributed by atoms with E-state index in [1.807, 2.05) is 0 Å². The lowest BCUT2D eigenvalue weighted by molar-refractivity contribution is -0.196. The van der Waals surface area contributed by atoms with E-state index in [1.165, 1.54) is 0 Å². The third kappa shape index (κ3) is 3.14. The molecule has 0 aromatic carbocycles. The minimum atomic E-state index is -4.71. The summed E-state index contributed by atoms with van der Waals surface area (Å²) in [5.74, 6) is -4.48. The average Bonchev–Trinajstić information content (AvgIpc) is 2.28. The second-order valence-corrected chi connectivity index (χ2v) is 7.04. The molecular formula is C10H13F3O3S2. The van der Waals surface area contributed by atoms with E-state index in [4.69, 9.17) is 5.11 Å². The number of aldehydes is 1. The van der Waals surface area contributed by atoms with Crippen molar-refractivity contribution < 1.29 is 27.9 Å². The molecule has 2 atom stereocenters. The molecule has 2 unspecified atom stereocenters. The highest BCUT2D eigenvalue weighted by molar-refractivity contribution is 8.19. The van der Waals surface area contributed by atoms with Gasteiger partial charge in [-0.3, -0.25) is 4.79 Å². The van der Waals surface area contributed by atoms with Crippen molar-refractivity contribution in [2.75, 3.05) is 11.5 Å². The first-order valence-corrected chi connectivity index (χ1v) is 7.25. The van der Waals surface area contributed by atoms with E-state index in [2.05, 4.69) is 0 Å². The Balaban J connectivity index is 3.15. The summed E-state index contributed by atoms with van der Waals surface area (Å²) in [6.07, 6.45) is -3.73. The highest BCUT2D eigenvalue weighted by Gasteiger charge is 2.59. The molecule has 8 heteroatoms. The topological polar surface area (TPSA) is 54.4 Å². The van der Waals surface area contributed by atoms with Crippen molar-refractivity contribution in [3.8, 4) is 0 Å². The van der Waals surface area contributed by atoms with Crippen molar-refractivity contribution in [2.24, 2.45) is 11.8 Å². The molecule has 1 saturated heterocycles. The molecule has 0 bridgehead atoms. The normalized spacial score (nSPS) is 23.1. The molecule has 0 saturated carbocycles. The lowest BCUT2D eigenvalue weighted by Crippen LogP contribution is -2.49. The first-order chi connectivity index (χ1) is 8.24. The molecule has 3 nitrogen and oxygen atoms in total. The van der Waals surface area contributed by atoms with E-state index in [-0.39, 0.29) is 6.29 Å². The maximum atomic E-state index is 13.1. The number of carbonyl (C=O) groups is 2. The quantitative estimate of drug-likeness (QED) is 0.809. The summed E-state index contributed by atoms with van der Waals surface area (Å²) in [6, 6.07) is 0. The summed E-state index contributed by atoms with van der Waals surface area (Å²) in [5, 5.41) is 8.82. The van der Waals surface area contributed by atoms with Crippen LogP contribution in [-0.4, -0.2) is 39.1 Å². The maximum Gasteiger partial charge on any atom is 0.395 e. The van der Waals surface area contributed by atoms with Crippen LogP contribution in [0.2, 0.25) is 0 Å². The molecule has 1 fully saturated rings. The molecule has 0 aromatic heterocycles. The molecule has 0 aromatic rings. The van der Waals surface area contributed by atoms with E-state index in [0.29, 0.717) is 11.5 Å². The Hall–Kier alpha value is -0.370. The van der Waals surface area contributed by atoms with Gasteiger partial charge in [-0.1, -0.05) is 6.92 Å². The first-order valence-electron chi connectivity index (χ1n) is 5.28. The van der Waals surface area contributed by atoms with Crippen LogP contribution in [0.3, 0.4) is 0 Å². The van der Waals surface area contributed by atoms with E-state index >= 15 is 0 Å². The molecule has 18 heavy (non-hydrogen) atoms. The first kappa shape index (κ1) is 15.7. The molecule has 0 radical (unpaired) electrons. The number of hydrogen-bond donors (Lipinski definition) is 1. The van der Waals surface area contributed by atoms with Gasteiger partial charge in [0.15, 0.2) is 0 Å². The summed E-state index contributed by atoms with van der Waals surface area (Å²) < 4.78 is 37.6. The SMILES string of the molecule is CC(C(=O)O)C(C(F)(F)F)C1(C=O)SCCCS1.